The van der Waals surface area contributed by atoms with Crippen molar-refractivity contribution in [2.45, 2.75) is 26.3 Å². The van der Waals surface area contributed by atoms with Gasteiger partial charge in [0.25, 0.3) is 11.6 Å². The number of carbonyl (C=O) groups is 1. The summed E-state index contributed by atoms with van der Waals surface area (Å²) in [6, 6.07) is 4.71. The minimum absolute atomic E-state index is 0.0710. The molecule has 1 saturated carbocycles. The van der Waals surface area contributed by atoms with Crippen LogP contribution < -0.4 is 10.6 Å². The molecule has 1 aliphatic carbocycles. The van der Waals surface area contributed by atoms with Crippen molar-refractivity contribution >= 4 is 17.3 Å². The zero-order valence-corrected chi connectivity index (χ0v) is 11.0. The van der Waals surface area contributed by atoms with E-state index in [-0.39, 0.29) is 17.6 Å². The van der Waals surface area contributed by atoms with E-state index in [2.05, 4.69) is 17.6 Å². The van der Waals surface area contributed by atoms with Crippen LogP contribution in [0.15, 0.2) is 18.2 Å². The molecule has 6 nitrogen and oxygen atoms in total. The number of nitrogens with zero attached hydrogens (tertiary/aromatic N) is 1. The Hall–Kier alpha value is -2.11. The Labute approximate surface area is 111 Å². The summed E-state index contributed by atoms with van der Waals surface area (Å²) >= 11 is 0. The van der Waals surface area contributed by atoms with Gasteiger partial charge in [-0.05, 0) is 31.4 Å². The topological polar surface area (TPSA) is 84.3 Å². The zero-order chi connectivity index (χ0) is 14.0. The van der Waals surface area contributed by atoms with E-state index in [0.29, 0.717) is 23.7 Å². The highest BCUT2D eigenvalue weighted by molar-refractivity contribution is 5.96. The van der Waals surface area contributed by atoms with Gasteiger partial charge in [0, 0.05) is 24.2 Å². The summed E-state index contributed by atoms with van der Waals surface area (Å²) in [4.78, 5) is 22.4. The van der Waals surface area contributed by atoms with E-state index in [4.69, 9.17) is 0 Å². The number of carbonyl (C=O) groups excluding carboxylic acids is 1. The number of amides is 1. The lowest BCUT2D eigenvalue weighted by Gasteiger charge is -2.07. The lowest BCUT2D eigenvalue weighted by atomic mass is 10.1. The molecule has 2 N–H and O–H groups in total. The van der Waals surface area contributed by atoms with Gasteiger partial charge in [-0.15, -0.1) is 0 Å². The maximum atomic E-state index is 11.9. The van der Waals surface area contributed by atoms with Gasteiger partial charge in [0.15, 0.2) is 0 Å². The molecule has 1 aromatic rings. The highest BCUT2D eigenvalue weighted by Crippen LogP contribution is 2.30. The summed E-state index contributed by atoms with van der Waals surface area (Å²) in [5, 5.41) is 16.8. The van der Waals surface area contributed by atoms with E-state index in [1.165, 1.54) is 6.07 Å². The maximum Gasteiger partial charge on any atom is 0.293 e. The Kier molecular flexibility index (Phi) is 3.69. The summed E-state index contributed by atoms with van der Waals surface area (Å²) in [7, 11) is 0. The first-order chi connectivity index (χ1) is 9.02. The van der Waals surface area contributed by atoms with Crippen LogP contribution in [0.2, 0.25) is 0 Å². The largest absolute Gasteiger partial charge is 0.380 e. The van der Waals surface area contributed by atoms with Gasteiger partial charge in [-0.25, -0.2) is 0 Å². The molecule has 1 fully saturated rings. The van der Waals surface area contributed by atoms with Crippen LogP contribution in [0.5, 0.6) is 0 Å². The molecule has 2 unspecified atom stereocenters. The molecule has 2 rings (SSSR count). The summed E-state index contributed by atoms with van der Waals surface area (Å²) in [6.45, 7) is 4.51. The van der Waals surface area contributed by atoms with Crippen LogP contribution in [0.25, 0.3) is 0 Å². The van der Waals surface area contributed by atoms with Crippen molar-refractivity contribution in [1.82, 2.24) is 5.32 Å². The van der Waals surface area contributed by atoms with Gasteiger partial charge < -0.3 is 10.6 Å². The summed E-state index contributed by atoms with van der Waals surface area (Å²) < 4.78 is 0. The first-order valence-electron chi connectivity index (χ1n) is 6.36. The van der Waals surface area contributed by atoms with Crippen molar-refractivity contribution < 1.29 is 9.72 Å². The second-order valence-electron chi connectivity index (χ2n) is 4.81. The van der Waals surface area contributed by atoms with Crippen LogP contribution in [0.1, 0.15) is 30.6 Å². The lowest BCUT2D eigenvalue weighted by Crippen LogP contribution is -2.26. The van der Waals surface area contributed by atoms with E-state index in [1.807, 2.05) is 6.92 Å². The molecule has 102 valence electrons. The fourth-order valence-electron chi connectivity index (χ4n) is 1.94. The molecular weight excluding hydrogens is 246 g/mol. The van der Waals surface area contributed by atoms with Gasteiger partial charge >= 0.3 is 0 Å². The van der Waals surface area contributed by atoms with Crippen LogP contribution in [0.3, 0.4) is 0 Å². The smallest absolute Gasteiger partial charge is 0.293 e. The minimum Gasteiger partial charge on any atom is -0.380 e. The second-order valence-corrected chi connectivity index (χ2v) is 4.81. The van der Waals surface area contributed by atoms with E-state index in [9.17, 15) is 14.9 Å². The highest BCUT2D eigenvalue weighted by Gasteiger charge is 2.34. The van der Waals surface area contributed by atoms with E-state index in [0.717, 1.165) is 6.42 Å². The quantitative estimate of drug-likeness (QED) is 0.629. The normalized spacial score (nSPS) is 20.7. The molecule has 1 amide bonds. The third-order valence-corrected chi connectivity index (χ3v) is 3.25. The molecule has 1 aromatic carbocycles. The molecule has 1 aliphatic rings. The van der Waals surface area contributed by atoms with Crippen LogP contribution in [0, 0.1) is 16.0 Å². The van der Waals surface area contributed by atoms with Crippen LogP contribution in [-0.4, -0.2) is 23.4 Å². The van der Waals surface area contributed by atoms with Gasteiger partial charge in [-0.3, -0.25) is 14.9 Å². The number of rotatable bonds is 5. The average Bonchev–Trinajstić information content (AvgIpc) is 3.05. The SMILES string of the molecule is CCNc1ccc(C(=O)NC2CC2C)cc1[N+](=O)[O-]. The molecule has 0 aromatic heterocycles. The molecule has 19 heavy (non-hydrogen) atoms. The predicted octanol–water partition coefficient (Wildman–Crippen LogP) is 2.16. The van der Waals surface area contributed by atoms with E-state index >= 15 is 0 Å². The second kappa shape index (κ2) is 5.26. The molecule has 0 bridgehead atoms. The molecule has 0 heterocycles. The Bertz CT molecular complexity index is 516. The maximum absolute atomic E-state index is 11.9. The average molecular weight is 263 g/mol. The minimum atomic E-state index is -0.478. The summed E-state index contributed by atoms with van der Waals surface area (Å²) in [5.41, 5.74) is 0.689. The Morgan fingerprint density at radius 2 is 2.21 bits per heavy atom. The third kappa shape index (κ3) is 3.01. The molecular formula is C13H17N3O3. The van der Waals surface area contributed by atoms with Gasteiger partial charge in [-0.1, -0.05) is 6.92 Å². The van der Waals surface area contributed by atoms with Crippen LogP contribution in [0.4, 0.5) is 11.4 Å². The standard InChI is InChI=1S/C13H17N3O3/c1-3-14-10-5-4-9(7-12(10)16(18)19)13(17)15-11-6-8(11)2/h4-5,7-8,11,14H,3,6H2,1-2H3,(H,15,17). The number of nitro groups is 1. The molecule has 0 radical (unpaired) electrons. The van der Waals surface area contributed by atoms with Gasteiger partial charge in [-0.2, -0.15) is 0 Å². The molecule has 0 aliphatic heterocycles. The van der Waals surface area contributed by atoms with Crippen molar-refractivity contribution in [1.29, 1.82) is 0 Å². The number of hydrogen-bond donors (Lipinski definition) is 2. The number of nitrogens with one attached hydrogen (secondary N) is 2. The van der Waals surface area contributed by atoms with Crippen molar-refractivity contribution in [2.75, 3.05) is 11.9 Å². The molecule has 6 heteroatoms. The highest BCUT2D eigenvalue weighted by atomic mass is 16.6. The van der Waals surface area contributed by atoms with Gasteiger partial charge in [0.05, 0.1) is 4.92 Å². The van der Waals surface area contributed by atoms with E-state index in [1.54, 1.807) is 12.1 Å². The van der Waals surface area contributed by atoms with Crippen molar-refractivity contribution in [2.24, 2.45) is 5.92 Å². The Morgan fingerprint density at radius 3 is 2.74 bits per heavy atom. The Balaban J connectivity index is 2.19. The van der Waals surface area contributed by atoms with Crippen LogP contribution in [-0.2, 0) is 0 Å². The number of benzene rings is 1. The lowest BCUT2D eigenvalue weighted by molar-refractivity contribution is -0.384. The van der Waals surface area contributed by atoms with Crippen LogP contribution >= 0.6 is 0 Å². The Morgan fingerprint density at radius 1 is 1.53 bits per heavy atom. The number of hydrogen-bond acceptors (Lipinski definition) is 4. The number of anilines is 1. The van der Waals surface area contributed by atoms with E-state index < -0.39 is 4.92 Å². The predicted molar refractivity (Wildman–Crippen MR) is 72.3 cm³/mol. The fraction of sp³-hybridized carbons (Fsp3) is 0.462. The van der Waals surface area contributed by atoms with Gasteiger partial charge in [0.2, 0.25) is 0 Å². The first-order valence-corrected chi connectivity index (χ1v) is 6.36. The molecule has 0 saturated heterocycles. The van der Waals surface area contributed by atoms with Crippen molar-refractivity contribution in [3.05, 3.63) is 33.9 Å². The zero-order valence-electron chi connectivity index (χ0n) is 11.0. The van der Waals surface area contributed by atoms with Crippen molar-refractivity contribution in [3.8, 4) is 0 Å². The van der Waals surface area contributed by atoms with Crippen molar-refractivity contribution in [3.63, 3.8) is 0 Å². The monoisotopic (exact) mass is 263 g/mol. The number of nitro benzene ring substituents is 1. The summed E-state index contributed by atoms with van der Waals surface area (Å²) in [6.07, 6.45) is 0.976. The van der Waals surface area contributed by atoms with Gasteiger partial charge in [0.1, 0.15) is 5.69 Å². The molecule has 0 spiro atoms. The fourth-order valence-corrected chi connectivity index (χ4v) is 1.94. The first kappa shape index (κ1) is 13.3. The summed E-state index contributed by atoms with van der Waals surface area (Å²) in [5.74, 6) is 0.250. The third-order valence-electron chi connectivity index (χ3n) is 3.25. The molecule has 2 atom stereocenters.